The van der Waals surface area contributed by atoms with Crippen LogP contribution >= 0.6 is 0 Å². The molecule has 0 spiro atoms. The van der Waals surface area contributed by atoms with Gasteiger partial charge in [-0.05, 0) is 23.3 Å². The smallest absolute Gasteiger partial charge is 0.113 e. The second kappa shape index (κ2) is 2.18. The quantitative estimate of drug-likeness (QED) is 0.523. The van der Waals surface area contributed by atoms with Crippen LogP contribution in [0.5, 0.6) is 0 Å². The summed E-state index contributed by atoms with van der Waals surface area (Å²) in [5.74, 6) is 0. The van der Waals surface area contributed by atoms with E-state index >= 15 is 0 Å². The van der Waals surface area contributed by atoms with Crippen LogP contribution in [0, 0.1) is 6.07 Å². The van der Waals surface area contributed by atoms with Gasteiger partial charge in [0.2, 0.25) is 0 Å². The van der Waals surface area contributed by atoms with E-state index in [0.29, 0.717) is 6.61 Å². The van der Waals surface area contributed by atoms with E-state index < -0.39 is 0 Å². The van der Waals surface area contributed by atoms with Crippen molar-refractivity contribution in [2.24, 2.45) is 0 Å². The van der Waals surface area contributed by atoms with Crippen molar-refractivity contribution >= 4 is 6.08 Å². The molecule has 0 saturated carbocycles. The molecule has 0 atom stereocenters. The van der Waals surface area contributed by atoms with Gasteiger partial charge in [0.25, 0.3) is 0 Å². The van der Waals surface area contributed by atoms with Crippen LogP contribution in [0.1, 0.15) is 11.1 Å². The predicted octanol–water partition coefficient (Wildman–Crippen LogP) is 1.99. The van der Waals surface area contributed by atoms with Gasteiger partial charge in [0.15, 0.2) is 0 Å². The summed E-state index contributed by atoms with van der Waals surface area (Å²) >= 11 is 0. The van der Waals surface area contributed by atoms with E-state index in [1.165, 1.54) is 5.56 Å². The maximum Gasteiger partial charge on any atom is 0.113 e. The highest BCUT2D eigenvalue weighted by Crippen LogP contribution is 2.15. The Morgan fingerprint density at radius 3 is 3.40 bits per heavy atom. The van der Waals surface area contributed by atoms with E-state index in [1.807, 2.05) is 18.2 Å². The summed E-state index contributed by atoms with van der Waals surface area (Å²) in [6.07, 6.45) is 3.64. The Kier molecular flexibility index (Phi) is 1.21. The molecule has 0 N–H and O–H groups in total. The van der Waals surface area contributed by atoms with Crippen molar-refractivity contribution in [1.29, 1.82) is 0 Å². The number of hydrogen-bond donors (Lipinski definition) is 0. The Hall–Kier alpha value is -1.24. The minimum atomic E-state index is 0.684. The molecule has 1 aliphatic heterocycles. The number of rotatable bonds is 0. The van der Waals surface area contributed by atoms with Crippen LogP contribution in [0.15, 0.2) is 24.5 Å². The van der Waals surface area contributed by atoms with Crippen molar-refractivity contribution in [2.75, 3.05) is 0 Å². The third-order valence-corrected chi connectivity index (χ3v) is 1.55. The molecule has 0 fully saturated rings. The van der Waals surface area contributed by atoms with E-state index in [0.717, 1.165) is 5.56 Å². The first-order valence-corrected chi connectivity index (χ1v) is 3.24. The summed E-state index contributed by atoms with van der Waals surface area (Å²) in [5.41, 5.74) is 2.36. The van der Waals surface area contributed by atoms with E-state index in [2.05, 4.69) is 12.1 Å². The molecule has 1 heteroatoms. The van der Waals surface area contributed by atoms with Crippen molar-refractivity contribution in [3.8, 4) is 0 Å². The van der Waals surface area contributed by atoms with E-state index in [1.54, 1.807) is 6.26 Å². The zero-order valence-corrected chi connectivity index (χ0v) is 5.50. The fraction of sp³-hybridized carbons (Fsp3) is 0.111. The third kappa shape index (κ3) is 0.798. The second-order valence-corrected chi connectivity index (χ2v) is 2.22. The largest absolute Gasteiger partial charge is 0.496 e. The maximum atomic E-state index is 5.10. The fourth-order valence-electron chi connectivity index (χ4n) is 1.02. The number of ether oxygens (including phenoxy) is 1. The molecule has 1 aliphatic rings. The van der Waals surface area contributed by atoms with Crippen molar-refractivity contribution < 1.29 is 4.74 Å². The summed E-state index contributed by atoms with van der Waals surface area (Å²) in [4.78, 5) is 0. The fourth-order valence-corrected chi connectivity index (χ4v) is 1.02. The van der Waals surface area contributed by atoms with E-state index in [-0.39, 0.29) is 0 Å². The van der Waals surface area contributed by atoms with Gasteiger partial charge in [-0.2, -0.15) is 0 Å². The van der Waals surface area contributed by atoms with Gasteiger partial charge >= 0.3 is 0 Å². The minimum Gasteiger partial charge on any atom is -0.496 e. The first-order valence-electron chi connectivity index (χ1n) is 3.24. The molecule has 0 unspecified atom stereocenters. The molecule has 1 aromatic rings. The number of benzene rings is 1. The van der Waals surface area contributed by atoms with Gasteiger partial charge < -0.3 is 4.74 Å². The highest BCUT2D eigenvalue weighted by Gasteiger charge is 2.01. The highest BCUT2D eigenvalue weighted by atomic mass is 16.5. The molecule has 0 saturated heterocycles. The van der Waals surface area contributed by atoms with Gasteiger partial charge in [-0.3, -0.25) is 0 Å². The topological polar surface area (TPSA) is 9.23 Å². The average Bonchev–Trinajstić information content (AvgIpc) is 2.05. The van der Waals surface area contributed by atoms with Crippen LogP contribution in [0.3, 0.4) is 0 Å². The lowest BCUT2D eigenvalue weighted by atomic mass is 10.1. The zero-order valence-electron chi connectivity index (χ0n) is 5.50. The van der Waals surface area contributed by atoms with Crippen LogP contribution in [-0.2, 0) is 11.3 Å². The molecule has 0 bridgehead atoms. The van der Waals surface area contributed by atoms with Gasteiger partial charge in [-0.25, -0.2) is 0 Å². The SMILES string of the molecule is [c]1cccc2c1C=COC2. The molecule has 0 amide bonds. The molecule has 1 nitrogen and oxygen atoms in total. The molecule has 0 aromatic heterocycles. The van der Waals surface area contributed by atoms with Gasteiger partial charge in [-0.15, -0.1) is 0 Å². The summed E-state index contributed by atoms with van der Waals surface area (Å²) in [6.45, 7) is 0.684. The molecular weight excluding hydrogens is 124 g/mol. The summed E-state index contributed by atoms with van der Waals surface area (Å²) in [7, 11) is 0. The van der Waals surface area contributed by atoms with Gasteiger partial charge in [0, 0.05) is 0 Å². The van der Waals surface area contributed by atoms with Crippen LogP contribution in [0.4, 0.5) is 0 Å². The molecule has 0 aliphatic carbocycles. The van der Waals surface area contributed by atoms with Gasteiger partial charge in [0.1, 0.15) is 6.61 Å². The van der Waals surface area contributed by atoms with Crippen molar-refractivity contribution in [3.63, 3.8) is 0 Å². The normalized spacial score (nSPS) is 14.0. The zero-order chi connectivity index (χ0) is 6.81. The lowest BCUT2D eigenvalue weighted by Crippen LogP contribution is -1.94. The Balaban J connectivity index is 2.54. The monoisotopic (exact) mass is 131 g/mol. The molecule has 49 valence electrons. The molecule has 1 radical (unpaired) electrons. The minimum absolute atomic E-state index is 0.684. The molecule has 2 rings (SSSR count). The van der Waals surface area contributed by atoms with Crippen molar-refractivity contribution in [1.82, 2.24) is 0 Å². The average molecular weight is 131 g/mol. The van der Waals surface area contributed by atoms with E-state index in [4.69, 9.17) is 4.74 Å². The lowest BCUT2D eigenvalue weighted by Gasteiger charge is -2.09. The molecule has 10 heavy (non-hydrogen) atoms. The molecule has 1 heterocycles. The van der Waals surface area contributed by atoms with Crippen LogP contribution in [0.2, 0.25) is 0 Å². The van der Waals surface area contributed by atoms with Gasteiger partial charge in [0.05, 0.1) is 6.26 Å². The summed E-state index contributed by atoms with van der Waals surface area (Å²) in [5, 5.41) is 0. The summed E-state index contributed by atoms with van der Waals surface area (Å²) in [6, 6.07) is 9.06. The van der Waals surface area contributed by atoms with E-state index in [9.17, 15) is 0 Å². The Morgan fingerprint density at radius 1 is 1.50 bits per heavy atom. The van der Waals surface area contributed by atoms with Gasteiger partial charge in [-0.1, -0.05) is 18.2 Å². The van der Waals surface area contributed by atoms with Crippen molar-refractivity contribution in [2.45, 2.75) is 6.61 Å². The predicted molar refractivity (Wildman–Crippen MR) is 39.1 cm³/mol. The van der Waals surface area contributed by atoms with Crippen molar-refractivity contribution in [3.05, 3.63) is 41.7 Å². The van der Waals surface area contributed by atoms with Crippen LogP contribution in [0.25, 0.3) is 6.08 Å². The number of fused-ring (bicyclic) bond motifs is 1. The highest BCUT2D eigenvalue weighted by molar-refractivity contribution is 5.53. The van der Waals surface area contributed by atoms with Crippen LogP contribution in [-0.4, -0.2) is 0 Å². The Bertz CT molecular complexity index is 263. The second-order valence-electron chi connectivity index (χ2n) is 2.22. The first-order chi connectivity index (χ1) is 4.97. The molecular formula is C9H7O. The first kappa shape index (κ1) is 5.54. The molecule has 1 aromatic carbocycles. The Morgan fingerprint density at radius 2 is 2.50 bits per heavy atom. The standard InChI is InChI=1S/C9H7O/c1-2-4-9-7-10-6-5-8(9)3-1/h1-2,4-6H,7H2. The number of hydrogen-bond acceptors (Lipinski definition) is 1. The summed E-state index contributed by atoms with van der Waals surface area (Å²) < 4.78 is 5.10. The Labute approximate surface area is 59.9 Å². The maximum absolute atomic E-state index is 5.10. The lowest BCUT2D eigenvalue weighted by molar-refractivity contribution is 0.234. The van der Waals surface area contributed by atoms with Crippen LogP contribution < -0.4 is 0 Å². The third-order valence-electron chi connectivity index (χ3n) is 1.55.